The molecule has 0 spiro atoms. The Labute approximate surface area is 212 Å². The van der Waals surface area contributed by atoms with E-state index < -0.39 is 17.9 Å². The van der Waals surface area contributed by atoms with Crippen LogP contribution in [0.1, 0.15) is 32.0 Å². The van der Waals surface area contributed by atoms with E-state index in [9.17, 15) is 14.4 Å². The third kappa shape index (κ3) is 4.54. The topological polar surface area (TPSA) is 107 Å². The second kappa shape index (κ2) is 9.98. The molecule has 37 heavy (non-hydrogen) atoms. The van der Waals surface area contributed by atoms with Crippen LogP contribution in [0.15, 0.2) is 72.9 Å². The molecule has 3 amide bonds. The third-order valence-corrected chi connectivity index (χ3v) is 6.10. The van der Waals surface area contributed by atoms with Crippen LogP contribution in [0.2, 0.25) is 0 Å². The van der Waals surface area contributed by atoms with Crippen molar-refractivity contribution in [1.29, 1.82) is 0 Å². The number of anilines is 1. The lowest BCUT2D eigenvalue weighted by molar-refractivity contribution is 0.0628. The summed E-state index contributed by atoms with van der Waals surface area (Å²) in [4.78, 5) is 44.6. The molecule has 1 aliphatic heterocycles. The Bertz CT molecular complexity index is 1520. The summed E-state index contributed by atoms with van der Waals surface area (Å²) < 4.78 is 16.3. The number of hydrogen-bond acceptors (Lipinski definition) is 7. The number of nitrogens with zero attached hydrogens (tertiary/aromatic N) is 2. The van der Waals surface area contributed by atoms with Crippen LogP contribution in [0, 0.1) is 0 Å². The normalized spacial score (nSPS) is 12.3. The molecule has 9 nitrogen and oxygen atoms in total. The first-order valence-corrected chi connectivity index (χ1v) is 11.5. The molecule has 9 heteroatoms. The molecular formula is C28H23N3O6. The molecule has 4 aromatic rings. The summed E-state index contributed by atoms with van der Waals surface area (Å²) in [5.74, 6) is -0.224. The number of carbonyl (C=O) groups excluding carboxylic acids is 3. The minimum absolute atomic E-state index is 0.0128. The first kappa shape index (κ1) is 23.8. The van der Waals surface area contributed by atoms with Gasteiger partial charge in [-0.2, -0.15) is 0 Å². The maximum Gasteiger partial charge on any atom is 0.412 e. The molecule has 1 aromatic heterocycles. The first-order valence-electron chi connectivity index (χ1n) is 11.5. The number of rotatable bonds is 6. The number of nitrogens with one attached hydrogen (secondary N) is 1. The van der Waals surface area contributed by atoms with E-state index in [0.717, 1.165) is 16.0 Å². The molecule has 0 aliphatic carbocycles. The number of pyridine rings is 1. The van der Waals surface area contributed by atoms with Gasteiger partial charge in [0.2, 0.25) is 0 Å². The van der Waals surface area contributed by atoms with Gasteiger partial charge in [0.15, 0.2) is 0 Å². The largest absolute Gasteiger partial charge is 0.497 e. The summed E-state index contributed by atoms with van der Waals surface area (Å²) in [6.45, 7) is 0.222. The fourth-order valence-corrected chi connectivity index (χ4v) is 4.27. The number of aromatic nitrogens is 1. The highest BCUT2D eigenvalue weighted by atomic mass is 16.5. The van der Waals surface area contributed by atoms with Gasteiger partial charge < -0.3 is 14.2 Å². The Morgan fingerprint density at radius 3 is 2.49 bits per heavy atom. The van der Waals surface area contributed by atoms with Crippen molar-refractivity contribution in [2.24, 2.45) is 0 Å². The van der Waals surface area contributed by atoms with Crippen molar-refractivity contribution < 1.29 is 28.6 Å². The molecule has 3 aromatic carbocycles. The summed E-state index contributed by atoms with van der Waals surface area (Å²) in [7, 11) is 2.95. The number of methoxy groups -OCH3 is 2. The molecule has 0 fully saturated rings. The summed E-state index contributed by atoms with van der Waals surface area (Å²) in [6, 6.07) is 19.6. The number of fused-ring (bicyclic) bond motifs is 2. The average Bonchev–Trinajstić information content (AvgIpc) is 3.28. The maximum absolute atomic E-state index is 13.6. The average molecular weight is 498 g/mol. The predicted molar refractivity (Wildman–Crippen MR) is 136 cm³/mol. The first-order chi connectivity index (χ1) is 18.0. The minimum Gasteiger partial charge on any atom is -0.497 e. The Hall–Kier alpha value is -4.92. The van der Waals surface area contributed by atoms with Crippen LogP contribution < -0.4 is 14.8 Å². The molecule has 0 saturated carbocycles. The van der Waals surface area contributed by atoms with Crippen molar-refractivity contribution >= 4 is 34.4 Å². The van der Waals surface area contributed by atoms with Gasteiger partial charge in [0, 0.05) is 17.0 Å². The molecular weight excluding hydrogens is 474 g/mol. The summed E-state index contributed by atoms with van der Waals surface area (Å²) >= 11 is 0. The minimum atomic E-state index is -0.696. The van der Waals surface area contributed by atoms with Crippen molar-refractivity contribution in [3.05, 3.63) is 95.3 Å². The van der Waals surface area contributed by atoms with E-state index >= 15 is 0 Å². The number of hydrogen-bond donors (Lipinski definition) is 1. The van der Waals surface area contributed by atoms with E-state index in [4.69, 9.17) is 14.2 Å². The third-order valence-electron chi connectivity index (χ3n) is 6.10. The van der Waals surface area contributed by atoms with E-state index in [2.05, 4.69) is 10.3 Å². The number of imide groups is 1. The molecule has 1 aliphatic rings. The fourth-order valence-electron chi connectivity index (χ4n) is 4.27. The van der Waals surface area contributed by atoms with Crippen molar-refractivity contribution in [1.82, 2.24) is 9.88 Å². The van der Waals surface area contributed by atoms with Crippen LogP contribution in [0.5, 0.6) is 11.5 Å². The zero-order valence-electron chi connectivity index (χ0n) is 20.2. The van der Waals surface area contributed by atoms with E-state index in [1.54, 1.807) is 24.3 Å². The maximum atomic E-state index is 13.6. The second-order valence-corrected chi connectivity index (χ2v) is 8.31. The summed E-state index contributed by atoms with van der Waals surface area (Å²) in [5, 5.41) is 3.46. The molecule has 0 atom stereocenters. The molecule has 5 rings (SSSR count). The molecule has 2 heterocycles. The lowest BCUT2D eigenvalue weighted by Crippen LogP contribution is -2.32. The van der Waals surface area contributed by atoms with E-state index in [1.165, 1.54) is 20.4 Å². The molecule has 0 saturated heterocycles. The monoisotopic (exact) mass is 497 g/mol. The lowest BCUT2D eigenvalue weighted by Gasteiger charge is -2.18. The Morgan fingerprint density at radius 1 is 1.00 bits per heavy atom. The van der Waals surface area contributed by atoms with Gasteiger partial charge in [-0.3, -0.25) is 19.8 Å². The standard InChI is InChI=1S/C28H23N3O6/c1-35-19-12-21-22(30-28(34)37-16-17-8-4-3-5-9-17)14-29-25(24(21)23(13-19)36-2)27(33)31-15-18-10-6-7-11-20(18)26(31)32/h3-14H,15-16H2,1-2H3,(H,30,34). The quantitative estimate of drug-likeness (QED) is 0.382. The molecule has 0 unspecified atom stereocenters. The Morgan fingerprint density at radius 2 is 1.76 bits per heavy atom. The van der Waals surface area contributed by atoms with Crippen LogP contribution in [0.25, 0.3) is 10.8 Å². The second-order valence-electron chi connectivity index (χ2n) is 8.31. The van der Waals surface area contributed by atoms with Crippen molar-refractivity contribution in [2.75, 3.05) is 19.5 Å². The number of amides is 3. The van der Waals surface area contributed by atoms with Crippen molar-refractivity contribution in [2.45, 2.75) is 13.2 Å². The van der Waals surface area contributed by atoms with Gasteiger partial charge in [0.05, 0.1) is 38.0 Å². The van der Waals surface area contributed by atoms with Gasteiger partial charge in [0.25, 0.3) is 11.8 Å². The zero-order valence-corrected chi connectivity index (χ0v) is 20.2. The van der Waals surface area contributed by atoms with Crippen molar-refractivity contribution in [3.8, 4) is 11.5 Å². The Kier molecular flexibility index (Phi) is 6.42. The van der Waals surface area contributed by atoms with E-state index in [-0.39, 0.29) is 24.5 Å². The fraction of sp³-hybridized carbons (Fsp3) is 0.143. The summed E-state index contributed by atoms with van der Waals surface area (Å²) in [6.07, 6.45) is 0.657. The summed E-state index contributed by atoms with van der Waals surface area (Å²) in [5.41, 5.74) is 2.38. The highest BCUT2D eigenvalue weighted by Crippen LogP contribution is 2.38. The van der Waals surface area contributed by atoms with Crippen molar-refractivity contribution in [3.63, 3.8) is 0 Å². The lowest BCUT2D eigenvalue weighted by atomic mass is 10.1. The van der Waals surface area contributed by atoms with Crippen LogP contribution in [0.4, 0.5) is 10.5 Å². The molecule has 0 bridgehead atoms. The Balaban J connectivity index is 1.51. The van der Waals surface area contributed by atoms with Gasteiger partial charge in [-0.1, -0.05) is 48.5 Å². The van der Waals surface area contributed by atoms with Gasteiger partial charge in [-0.25, -0.2) is 9.78 Å². The zero-order chi connectivity index (χ0) is 25.9. The number of benzene rings is 3. The van der Waals surface area contributed by atoms with Crippen LogP contribution >= 0.6 is 0 Å². The number of carbonyl (C=O) groups is 3. The van der Waals surface area contributed by atoms with E-state index in [1.807, 2.05) is 42.5 Å². The van der Waals surface area contributed by atoms with Crippen LogP contribution in [-0.2, 0) is 17.9 Å². The van der Waals surface area contributed by atoms with Gasteiger partial charge >= 0.3 is 6.09 Å². The highest BCUT2D eigenvalue weighted by molar-refractivity contribution is 6.18. The predicted octanol–water partition coefficient (Wildman–Crippen LogP) is 4.80. The highest BCUT2D eigenvalue weighted by Gasteiger charge is 2.34. The van der Waals surface area contributed by atoms with Crippen LogP contribution in [0.3, 0.4) is 0 Å². The smallest absolute Gasteiger partial charge is 0.412 e. The molecule has 186 valence electrons. The number of ether oxygens (including phenoxy) is 3. The SMILES string of the molecule is COc1cc(OC)c2c(C(=O)N3Cc4ccccc4C3=O)ncc(NC(=O)OCc3ccccc3)c2c1. The van der Waals surface area contributed by atoms with Crippen LogP contribution in [-0.4, -0.2) is 42.0 Å². The van der Waals surface area contributed by atoms with Gasteiger partial charge in [-0.15, -0.1) is 0 Å². The van der Waals surface area contributed by atoms with Gasteiger partial charge in [-0.05, 0) is 23.3 Å². The van der Waals surface area contributed by atoms with Gasteiger partial charge in [0.1, 0.15) is 23.8 Å². The molecule has 0 radical (unpaired) electrons. The van der Waals surface area contributed by atoms with E-state index in [0.29, 0.717) is 27.8 Å². The molecule has 1 N–H and O–H groups in total.